The molecule has 4 nitrogen and oxygen atoms in total. The largest absolute Gasteiger partial charge is 0.380 e. The molecule has 4 heteroatoms. The van der Waals surface area contributed by atoms with Gasteiger partial charge in [0.25, 0.3) is 5.91 Å². The topological polar surface area (TPSA) is 45.3 Å². The Morgan fingerprint density at radius 2 is 2.04 bits per heavy atom. The molecule has 1 fully saturated rings. The van der Waals surface area contributed by atoms with Gasteiger partial charge in [-0.15, -0.1) is 0 Å². The summed E-state index contributed by atoms with van der Waals surface area (Å²) >= 11 is 0. The van der Waals surface area contributed by atoms with E-state index >= 15 is 0 Å². The van der Waals surface area contributed by atoms with Crippen molar-refractivity contribution in [2.24, 2.45) is 0 Å². The highest BCUT2D eigenvalue weighted by Gasteiger charge is 2.31. The summed E-state index contributed by atoms with van der Waals surface area (Å²) in [6.45, 7) is 10.4. The fourth-order valence-corrected chi connectivity index (χ4v) is 3.69. The maximum Gasteiger partial charge on any atom is 0.270 e. The van der Waals surface area contributed by atoms with Gasteiger partial charge < -0.3 is 14.6 Å². The highest BCUT2D eigenvalue weighted by Crippen LogP contribution is 2.30. The fraction of sp³-hybridized carbons (Fsp3) is 0.526. The maximum absolute atomic E-state index is 13.1. The van der Waals surface area contributed by atoms with E-state index in [4.69, 9.17) is 4.74 Å². The number of carbonyl (C=O) groups is 1. The summed E-state index contributed by atoms with van der Waals surface area (Å²) in [5, 5.41) is 1.19. The number of aromatic amines is 1. The van der Waals surface area contributed by atoms with Crippen LogP contribution in [0.25, 0.3) is 10.9 Å². The van der Waals surface area contributed by atoms with Crippen molar-refractivity contribution in [3.05, 3.63) is 34.5 Å². The number of carbonyl (C=O) groups excluding carboxylic acids is 1. The van der Waals surface area contributed by atoms with Gasteiger partial charge >= 0.3 is 0 Å². The first-order valence-corrected chi connectivity index (χ1v) is 8.51. The summed E-state index contributed by atoms with van der Waals surface area (Å²) in [4.78, 5) is 18.5. The first kappa shape index (κ1) is 16.1. The van der Waals surface area contributed by atoms with Gasteiger partial charge in [0.1, 0.15) is 5.69 Å². The Kier molecular flexibility index (Phi) is 4.44. The molecule has 2 aromatic rings. The Bertz CT molecular complexity index is 733. The summed E-state index contributed by atoms with van der Waals surface area (Å²) < 4.78 is 5.56. The van der Waals surface area contributed by atoms with Crippen molar-refractivity contribution in [3.8, 4) is 0 Å². The molecule has 0 spiro atoms. The number of aromatic nitrogens is 1. The van der Waals surface area contributed by atoms with Crippen LogP contribution in [0.5, 0.6) is 0 Å². The van der Waals surface area contributed by atoms with Crippen LogP contribution in [0, 0.1) is 20.8 Å². The van der Waals surface area contributed by atoms with E-state index in [0.717, 1.165) is 36.2 Å². The summed E-state index contributed by atoms with van der Waals surface area (Å²) in [5.74, 6) is 0.111. The average molecular weight is 314 g/mol. The molecular formula is C19H26N2O2. The Hall–Kier alpha value is -1.81. The highest BCUT2D eigenvalue weighted by atomic mass is 16.5. The number of hydrogen-bond acceptors (Lipinski definition) is 2. The van der Waals surface area contributed by atoms with E-state index in [0.29, 0.717) is 13.2 Å². The van der Waals surface area contributed by atoms with Gasteiger partial charge in [-0.2, -0.15) is 0 Å². The standard InChI is InChI=1S/C19H26N2O2/c1-5-23-11-15-7-6-10-21(15)19(22)18-14(4)16-12(2)8-9-13(3)17(16)20-18/h8-9,15,20H,5-7,10-11H2,1-4H3/t15-/m1/s1. The summed E-state index contributed by atoms with van der Waals surface area (Å²) in [6, 6.07) is 4.44. The Morgan fingerprint density at radius 3 is 2.74 bits per heavy atom. The monoisotopic (exact) mass is 314 g/mol. The van der Waals surface area contributed by atoms with Crippen LogP contribution < -0.4 is 0 Å². The zero-order valence-corrected chi connectivity index (χ0v) is 14.5. The predicted molar refractivity (Wildman–Crippen MR) is 93.1 cm³/mol. The number of hydrogen-bond donors (Lipinski definition) is 1. The third-order valence-corrected chi connectivity index (χ3v) is 4.99. The van der Waals surface area contributed by atoms with E-state index in [-0.39, 0.29) is 11.9 Å². The molecule has 23 heavy (non-hydrogen) atoms. The quantitative estimate of drug-likeness (QED) is 0.934. The molecule has 2 heterocycles. The van der Waals surface area contributed by atoms with E-state index in [1.807, 2.05) is 18.7 Å². The van der Waals surface area contributed by atoms with Gasteiger partial charge in [-0.1, -0.05) is 12.1 Å². The SMILES string of the molecule is CCOC[C@H]1CCCN1C(=O)c1[nH]c2c(C)ccc(C)c2c1C. The zero-order valence-electron chi connectivity index (χ0n) is 14.5. The highest BCUT2D eigenvalue weighted by molar-refractivity contribution is 6.02. The molecule has 1 aliphatic heterocycles. The van der Waals surface area contributed by atoms with Crippen LogP contribution >= 0.6 is 0 Å². The number of rotatable bonds is 4. The lowest BCUT2D eigenvalue weighted by Gasteiger charge is -2.24. The molecule has 124 valence electrons. The first-order valence-electron chi connectivity index (χ1n) is 8.51. The van der Waals surface area contributed by atoms with Gasteiger partial charge in [-0.25, -0.2) is 0 Å². The molecule has 0 saturated carbocycles. The second-order valence-corrected chi connectivity index (χ2v) is 6.53. The normalized spacial score (nSPS) is 18.1. The van der Waals surface area contributed by atoms with Crippen LogP contribution in [-0.2, 0) is 4.74 Å². The average Bonchev–Trinajstić information content (AvgIpc) is 3.13. The van der Waals surface area contributed by atoms with E-state index in [1.165, 1.54) is 16.5 Å². The van der Waals surface area contributed by atoms with Crippen molar-refractivity contribution in [2.75, 3.05) is 19.8 Å². The molecule has 3 rings (SSSR count). The van der Waals surface area contributed by atoms with Crippen molar-refractivity contribution in [1.82, 2.24) is 9.88 Å². The Balaban J connectivity index is 1.96. The maximum atomic E-state index is 13.1. The second kappa shape index (κ2) is 6.36. The third-order valence-electron chi connectivity index (χ3n) is 4.99. The van der Waals surface area contributed by atoms with Crippen molar-refractivity contribution < 1.29 is 9.53 Å². The summed E-state index contributed by atoms with van der Waals surface area (Å²) in [5.41, 5.74) is 5.28. The number of nitrogens with one attached hydrogen (secondary N) is 1. The second-order valence-electron chi connectivity index (χ2n) is 6.53. The van der Waals surface area contributed by atoms with Crippen LogP contribution in [0.15, 0.2) is 12.1 Å². The number of benzene rings is 1. The van der Waals surface area contributed by atoms with Crippen LogP contribution in [0.4, 0.5) is 0 Å². The Morgan fingerprint density at radius 1 is 1.30 bits per heavy atom. The molecule has 1 aromatic heterocycles. The van der Waals surface area contributed by atoms with E-state index in [2.05, 4.69) is 31.0 Å². The number of aryl methyl sites for hydroxylation is 3. The predicted octanol–water partition coefficient (Wildman–Crippen LogP) is 3.73. The number of fused-ring (bicyclic) bond motifs is 1. The third kappa shape index (κ3) is 2.76. The molecule has 1 N–H and O–H groups in total. The number of likely N-dealkylation sites (tertiary alicyclic amines) is 1. The van der Waals surface area contributed by atoms with E-state index in [9.17, 15) is 4.79 Å². The number of ether oxygens (including phenoxy) is 1. The Labute approximate surface area is 137 Å². The van der Waals surface area contributed by atoms with Crippen LogP contribution in [0.3, 0.4) is 0 Å². The first-order chi connectivity index (χ1) is 11.0. The van der Waals surface area contributed by atoms with Crippen LogP contribution in [0.1, 0.15) is 46.9 Å². The molecule has 1 aromatic carbocycles. The molecule has 0 unspecified atom stereocenters. The number of H-pyrrole nitrogens is 1. The number of nitrogens with zero attached hydrogens (tertiary/aromatic N) is 1. The lowest BCUT2D eigenvalue weighted by molar-refractivity contribution is 0.0560. The van der Waals surface area contributed by atoms with Gasteiger partial charge in [-0.05, 0) is 57.2 Å². The van der Waals surface area contributed by atoms with Gasteiger partial charge in [-0.3, -0.25) is 4.79 Å². The van der Waals surface area contributed by atoms with E-state index < -0.39 is 0 Å². The minimum absolute atomic E-state index is 0.111. The van der Waals surface area contributed by atoms with Gasteiger partial charge in [0.15, 0.2) is 0 Å². The lowest BCUT2D eigenvalue weighted by Crippen LogP contribution is -2.38. The number of amides is 1. The molecule has 1 aliphatic rings. The van der Waals surface area contributed by atoms with Crippen molar-refractivity contribution in [2.45, 2.75) is 46.6 Å². The summed E-state index contributed by atoms with van der Waals surface area (Å²) in [6.07, 6.45) is 2.09. The summed E-state index contributed by atoms with van der Waals surface area (Å²) in [7, 11) is 0. The minimum atomic E-state index is 0.111. The van der Waals surface area contributed by atoms with E-state index in [1.54, 1.807) is 0 Å². The molecular weight excluding hydrogens is 288 g/mol. The smallest absolute Gasteiger partial charge is 0.270 e. The minimum Gasteiger partial charge on any atom is -0.380 e. The molecule has 0 aliphatic carbocycles. The molecule has 1 saturated heterocycles. The zero-order chi connectivity index (χ0) is 16.6. The molecule has 1 amide bonds. The molecule has 1 atom stereocenters. The molecule has 0 bridgehead atoms. The van der Waals surface area contributed by atoms with Crippen LogP contribution in [0.2, 0.25) is 0 Å². The van der Waals surface area contributed by atoms with Crippen molar-refractivity contribution in [3.63, 3.8) is 0 Å². The van der Waals surface area contributed by atoms with Gasteiger partial charge in [0.05, 0.1) is 12.6 Å². The van der Waals surface area contributed by atoms with Crippen LogP contribution in [-0.4, -0.2) is 41.6 Å². The van der Waals surface area contributed by atoms with Gasteiger partial charge in [0, 0.05) is 24.1 Å². The van der Waals surface area contributed by atoms with Crippen molar-refractivity contribution in [1.29, 1.82) is 0 Å². The molecule has 0 radical (unpaired) electrons. The van der Waals surface area contributed by atoms with Gasteiger partial charge in [0.2, 0.25) is 0 Å². The van der Waals surface area contributed by atoms with Crippen molar-refractivity contribution >= 4 is 16.8 Å². The fourth-order valence-electron chi connectivity index (χ4n) is 3.69. The lowest BCUT2D eigenvalue weighted by atomic mass is 10.0.